The van der Waals surface area contributed by atoms with Crippen molar-refractivity contribution in [3.63, 3.8) is 0 Å². The summed E-state index contributed by atoms with van der Waals surface area (Å²) in [6, 6.07) is 8.78. The zero-order chi connectivity index (χ0) is 12.6. The van der Waals surface area contributed by atoms with Crippen LogP contribution in [0.15, 0.2) is 28.1 Å². The van der Waals surface area contributed by atoms with E-state index >= 15 is 0 Å². The van der Waals surface area contributed by atoms with Crippen LogP contribution in [0, 0.1) is 20.8 Å². The Morgan fingerprint density at radius 2 is 1.65 bits per heavy atom. The molecule has 0 N–H and O–H groups in total. The van der Waals surface area contributed by atoms with E-state index < -0.39 is 0 Å². The van der Waals surface area contributed by atoms with E-state index in [9.17, 15) is 0 Å². The summed E-state index contributed by atoms with van der Waals surface area (Å²) in [5.41, 5.74) is 5.43. The quantitative estimate of drug-likeness (QED) is 0.573. The van der Waals surface area contributed by atoms with Crippen molar-refractivity contribution < 1.29 is 0 Å². The molecule has 0 radical (unpaired) electrons. The van der Waals surface area contributed by atoms with Crippen molar-refractivity contribution in [1.29, 1.82) is 0 Å². The Hall–Kier alpha value is -0.120. The highest BCUT2D eigenvalue weighted by molar-refractivity contribution is 9.11. The number of hydrogen-bond donors (Lipinski definition) is 0. The first-order valence-electron chi connectivity index (χ1n) is 5.46. The molecule has 0 aliphatic carbocycles. The minimum atomic E-state index is 0.291. The Morgan fingerprint density at radius 1 is 1.06 bits per heavy atom. The van der Waals surface area contributed by atoms with Crippen LogP contribution in [0.4, 0.5) is 0 Å². The van der Waals surface area contributed by atoms with E-state index in [2.05, 4.69) is 76.9 Å². The summed E-state index contributed by atoms with van der Waals surface area (Å²) in [6.07, 6.45) is 0. The van der Waals surface area contributed by atoms with Gasteiger partial charge < -0.3 is 0 Å². The van der Waals surface area contributed by atoms with E-state index in [-0.39, 0.29) is 0 Å². The Morgan fingerprint density at radius 3 is 2.12 bits per heavy atom. The highest BCUT2D eigenvalue weighted by atomic mass is 79.9. The standard InChI is InChI=1S/C14H14Br2S/c1-8-6-9(2)13(10(3)7-8)14(16)11-4-5-12(15)17-11/h4-7,14H,1-3H3. The maximum atomic E-state index is 3.82. The van der Waals surface area contributed by atoms with Crippen LogP contribution in [0.2, 0.25) is 0 Å². The minimum absolute atomic E-state index is 0.291. The molecule has 3 heteroatoms. The smallest absolute Gasteiger partial charge is 0.0743 e. The van der Waals surface area contributed by atoms with E-state index in [0.29, 0.717) is 4.83 Å². The average Bonchev–Trinajstić information content (AvgIpc) is 2.63. The first kappa shape index (κ1) is 13.3. The van der Waals surface area contributed by atoms with Crippen LogP contribution in [0.5, 0.6) is 0 Å². The van der Waals surface area contributed by atoms with Crippen molar-refractivity contribution >= 4 is 43.2 Å². The second-order valence-electron chi connectivity index (χ2n) is 4.32. The zero-order valence-corrected chi connectivity index (χ0v) is 14.0. The molecule has 0 aliphatic rings. The first-order chi connectivity index (χ1) is 7.99. The number of hydrogen-bond acceptors (Lipinski definition) is 1. The van der Waals surface area contributed by atoms with Gasteiger partial charge in [0.1, 0.15) is 0 Å². The molecule has 2 rings (SSSR count). The lowest BCUT2D eigenvalue weighted by molar-refractivity contribution is 1.13. The Bertz CT molecular complexity index is 520. The van der Waals surface area contributed by atoms with Gasteiger partial charge in [0.05, 0.1) is 8.61 Å². The normalized spacial score (nSPS) is 12.8. The molecule has 90 valence electrons. The summed E-state index contributed by atoms with van der Waals surface area (Å²) >= 11 is 9.12. The van der Waals surface area contributed by atoms with E-state index in [0.717, 1.165) is 0 Å². The van der Waals surface area contributed by atoms with Crippen LogP contribution < -0.4 is 0 Å². The Balaban J connectivity index is 2.47. The van der Waals surface area contributed by atoms with Crippen molar-refractivity contribution in [1.82, 2.24) is 0 Å². The van der Waals surface area contributed by atoms with Gasteiger partial charge in [0, 0.05) is 4.88 Å². The lowest BCUT2D eigenvalue weighted by atomic mass is 9.97. The third-order valence-corrected chi connectivity index (χ3v) is 5.78. The van der Waals surface area contributed by atoms with Crippen molar-refractivity contribution in [2.45, 2.75) is 25.6 Å². The highest BCUT2D eigenvalue weighted by Gasteiger charge is 2.17. The number of halogens is 2. The molecule has 0 saturated carbocycles. The van der Waals surface area contributed by atoms with Crippen LogP contribution in [-0.2, 0) is 0 Å². The summed E-state index contributed by atoms with van der Waals surface area (Å²) in [6.45, 7) is 6.52. The average molecular weight is 374 g/mol. The number of benzene rings is 1. The molecule has 0 saturated heterocycles. The predicted octanol–water partition coefficient (Wildman–Crippen LogP) is 5.92. The van der Waals surface area contributed by atoms with Gasteiger partial charge in [0.2, 0.25) is 0 Å². The zero-order valence-electron chi connectivity index (χ0n) is 10.1. The molecule has 0 amide bonds. The predicted molar refractivity (Wildman–Crippen MR) is 83.4 cm³/mol. The van der Waals surface area contributed by atoms with Gasteiger partial charge in [-0.05, 0) is 65.5 Å². The van der Waals surface area contributed by atoms with Gasteiger partial charge in [-0.15, -0.1) is 11.3 Å². The molecule has 1 unspecified atom stereocenters. The lowest BCUT2D eigenvalue weighted by Crippen LogP contribution is -1.98. The van der Waals surface area contributed by atoms with E-state index in [1.54, 1.807) is 11.3 Å². The molecule has 0 fully saturated rings. The molecule has 0 aliphatic heterocycles. The van der Waals surface area contributed by atoms with E-state index in [1.165, 1.54) is 30.9 Å². The molecule has 1 aromatic carbocycles. The van der Waals surface area contributed by atoms with Gasteiger partial charge in [-0.1, -0.05) is 33.6 Å². The number of alkyl halides is 1. The summed E-state index contributed by atoms with van der Waals surface area (Å²) in [5, 5.41) is 0. The fourth-order valence-corrected chi connectivity index (χ4v) is 4.76. The summed E-state index contributed by atoms with van der Waals surface area (Å²) in [4.78, 5) is 1.63. The molecular formula is C14H14Br2S. The fourth-order valence-electron chi connectivity index (χ4n) is 2.20. The molecule has 0 spiro atoms. The monoisotopic (exact) mass is 372 g/mol. The second kappa shape index (κ2) is 5.25. The molecular weight excluding hydrogens is 360 g/mol. The minimum Gasteiger partial charge on any atom is -0.132 e. The molecule has 1 heterocycles. The Kier molecular flexibility index (Phi) is 4.11. The third-order valence-electron chi connectivity index (χ3n) is 2.84. The molecule has 0 nitrogen and oxygen atoms in total. The van der Waals surface area contributed by atoms with Crippen LogP contribution in [0.25, 0.3) is 0 Å². The Labute approximate surface area is 123 Å². The van der Waals surface area contributed by atoms with Gasteiger partial charge in [-0.25, -0.2) is 0 Å². The van der Waals surface area contributed by atoms with Gasteiger partial charge >= 0.3 is 0 Å². The molecule has 17 heavy (non-hydrogen) atoms. The van der Waals surface area contributed by atoms with E-state index in [4.69, 9.17) is 0 Å². The van der Waals surface area contributed by atoms with Gasteiger partial charge in [0.15, 0.2) is 0 Å². The van der Waals surface area contributed by atoms with Crippen LogP contribution in [0.3, 0.4) is 0 Å². The van der Waals surface area contributed by atoms with E-state index in [1.807, 2.05) is 0 Å². The van der Waals surface area contributed by atoms with Gasteiger partial charge in [-0.2, -0.15) is 0 Å². The number of aryl methyl sites for hydroxylation is 3. The van der Waals surface area contributed by atoms with Gasteiger partial charge in [0.25, 0.3) is 0 Å². The molecule has 1 aromatic heterocycles. The first-order valence-corrected chi connectivity index (χ1v) is 7.98. The number of thiophene rings is 1. The molecule has 1 atom stereocenters. The summed E-state index contributed by atoms with van der Waals surface area (Å²) in [5.74, 6) is 0. The lowest BCUT2D eigenvalue weighted by Gasteiger charge is -2.16. The molecule has 0 bridgehead atoms. The van der Waals surface area contributed by atoms with Crippen LogP contribution in [-0.4, -0.2) is 0 Å². The van der Waals surface area contributed by atoms with Gasteiger partial charge in [-0.3, -0.25) is 0 Å². The summed E-state index contributed by atoms with van der Waals surface area (Å²) < 4.78 is 1.18. The van der Waals surface area contributed by atoms with Crippen LogP contribution >= 0.6 is 43.2 Å². The maximum Gasteiger partial charge on any atom is 0.0743 e. The number of rotatable bonds is 2. The van der Waals surface area contributed by atoms with Crippen molar-refractivity contribution in [3.05, 3.63) is 55.2 Å². The SMILES string of the molecule is Cc1cc(C)c(C(Br)c2ccc(Br)s2)c(C)c1. The van der Waals surface area contributed by atoms with Crippen LogP contribution in [0.1, 0.15) is 32.0 Å². The largest absolute Gasteiger partial charge is 0.132 e. The van der Waals surface area contributed by atoms with Crippen molar-refractivity contribution in [2.75, 3.05) is 0 Å². The highest BCUT2D eigenvalue weighted by Crippen LogP contribution is 2.39. The second-order valence-corrected chi connectivity index (χ2v) is 7.73. The van der Waals surface area contributed by atoms with Crippen molar-refractivity contribution in [3.8, 4) is 0 Å². The maximum absolute atomic E-state index is 3.82. The molecule has 2 aromatic rings. The third kappa shape index (κ3) is 2.83. The summed E-state index contributed by atoms with van der Waals surface area (Å²) in [7, 11) is 0. The topological polar surface area (TPSA) is 0 Å². The fraction of sp³-hybridized carbons (Fsp3) is 0.286. The van der Waals surface area contributed by atoms with Crippen molar-refractivity contribution in [2.24, 2.45) is 0 Å².